The Kier molecular flexibility index (Phi) is 8.33. The van der Waals surface area contributed by atoms with E-state index in [9.17, 15) is 32.3 Å². The number of halogens is 3. The number of carboxylic acid groups (broad SMARTS) is 1. The summed E-state index contributed by atoms with van der Waals surface area (Å²) in [4.78, 5) is 45.1. The van der Waals surface area contributed by atoms with E-state index in [0.29, 0.717) is 0 Å². The van der Waals surface area contributed by atoms with Crippen molar-refractivity contribution in [2.75, 3.05) is 18.5 Å². The molecule has 32 heavy (non-hydrogen) atoms. The van der Waals surface area contributed by atoms with Crippen molar-refractivity contribution in [1.29, 1.82) is 0 Å². The molecule has 170 valence electrons. The quantitative estimate of drug-likeness (QED) is 0.318. The number of carbonyl (C=O) groups excluding carboxylic acids is 3. The predicted octanol–water partition coefficient (Wildman–Crippen LogP) is 3.58. The second-order valence-electron chi connectivity index (χ2n) is 6.33. The lowest BCUT2D eigenvalue weighted by Crippen LogP contribution is -2.17. The molecule has 2 aromatic carbocycles. The number of hydrogen-bond donors (Lipinski definition) is 2. The van der Waals surface area contributed by atoms with Gasteiger partial charge in [-0.1, -0.05) is 18.2 Å². The third-order valence-corrected chi connectivity index (χ3v) is 3.99. The summed E-state index contributed by atoms with van der Waals surface area (Å²) in [5, 5.41) is 11.2. The number of esters is 2. The number of hydrogen-bond acceptors (Lipinski definition) is 7. The van der Waals surface area contributed by atoms with Crippen LogP contribution in [0.5, 0.6) is 0 Å². The highest BCUT2D eigenvalue weighted by molar-refractivity contribution is 6.32. The zero-order valence-corrected chi connectivity index (χ0v) is 16.5. The minimum absolute atomic E-state index is 0.0447. The van der Waals surface area contributed by atoms with Crippen molar-refractivity contribution in [3.8, 4) is 0 Å². The van der Waals surface area contributed by atoms with Crippen molar-refractivity contribution in [1.82, 2.24) is 0 Å². The minimum atomic E-state index is -4.52. The fraction of sp³-hybridized carbons (Fsp3) is 0.238. The maximum absolute atomic E-state index is 12.9. The number of ether oxygens (including phenoxy) is 2. The van der Waals surface area contributed by atoms with Crippen LogP contribution < -0.4 is 5.32 Å². The largest absolute Gasteiger partial charge is 0.476 e. The van der Waals surface area contributed by atoms with Gasteiger partial charge in [0.15, 0.2) is 0 Å². The van der Waals surface area contributed by atoms with Crippen LogP contribution in [0, 0.1) is 0 Å². The van der Waals surface area contributed by atoms with Gasteiger partial charge in [-0.25, -0.2) is 9.59 Å². The van der Waals surface area contributed by atoms with Gasteiger partial charge in [-0.05, 0) is 30.3 Å². The molecule has 0 spiro atoms. The van der Waals surface area contributed by atoms with Gasteiger partial charge in [0, 0.05) is 12.1 Å². The number of benzene rings is 2. The fourth-order valence-electron chi connectivity index (χ4n) is 2.46. The summed E-state index contributed by atoms with van der Waals surface area (Å²) in [5.74, 6) is -4.41. The summed E-state index contributed by atoms with van der Waals surface area (Å²) in [5.41, 5.74) is -0.483. The van der Waals surface area contributed by atoms with E-state index in [4.69, 9.17) is 14.6 Å². The van der Waals surface area contributed by atoms with Crippen LogP contribution in [0.3, 0.4) is 0 Å². The molecule has 0 saturated heterocycles. The Bertz CT molecular complexity index is 1000. The molecule has 8 nitrogen and oxygen atoms in total. The topological polar surface area (TPSA) is 119 Å². The highest BCUT2D eigenvalue weighted by atomic mass is 19.4. The van der Waals surface area contributed by atoms with Crippen molar-refractivity contribution < 1.29 is 46.9 Å². The average molecular weight is 453 g/mol. The van der Waals surface area contributed by atoms with Crippen molar-refractivity contribution in [2.24, 2.45) is 0 Å². The molecule has 0 unspecified atom stereocenters. The lowest BCUT2D eigenvalue weighted by Gasteiger charge is -2.13. The molecule has 0 aromatic heterocycles. The molecule has 2 N–H and O–H groups in total. The van der Waals surface area contributed by atoms with Crippen LogP contribution >= 0.6 is 0 Å². The van der Waals surface area contributed by atoms with Crippen LogP contribution in [-0.2, 0) is 30.0 Å². The molecule has 0 saturated carbocycles. The van der Waals surface area contributed by atoms with Crippen LogP contribution in [0.15, 0.2) is 48.5 Å². The van der Waals surface area contributed by atoms with Crippen molar-refractivity contribution in [2.45, 2.75) is 19.0 Å². The van der Waals surface area contributed by atoms with Crippen LogP contribution in [0.2, 0.25) is 0 Å². The van der Waals surface area contributed by atoms with Gasteiger partial charge in [0.1, 0.15) is 13.2 Å². The zero-order chi connectivity index (χ0) is 23.7. The summed E-state index contributed by atoms with van der Waals surface area (Å²) in [6, 6.07) is 10.5. The average Bonchev–Trinajstić information content (AvgIpc) is 2.74. The predicted molar refractivity (Wildman–Crippen MR) is 104 cm³/mol. The molecule has 0 aliphatic rings. The minimum Gasteiger partial charge on any atom is -0.476 e. The second kappa shape index (κ2) is 10.9. The molecule has 0 heterocycles. The number of anilines is 2. The highest BCUT2D eigenvalue weighted by Gasteiger charge is 2.30. The van der Waals surface area contributed by atoms with Gasteiger partial charge in [0.2, 0.25) is 5.78 Å². The maximum atomic E-state index is 12.9. The van der Waals surface area contributed by atoms with Crippen molar-refractivity contribution in [3.63, 3.8) is 0 Å². The Labute approximate surface area is 179 Å². The summed E-state index contributed by atoms with van der Waals surface area (Å²) < 4.78 is 48.4. The molecule has 0 bridgehead atoms. The first-order valence-corrected chi connectivity index (χ1v) is 9.20. The number of rotatable bonds is 10. The van der Waals surface area contributed by atoms with Crippen LogP contribution in [0.25, 0.3) is 0 Å². The molecular formula is C21H18F3NO7. The highest BCUT2D eigenvalue weighted by Crippen LogP contribution is 2.32. The Morgan fingerprint density at radius 2 is 1.59 bits per heavy atom. The third-order valence-electron chi connectivity index (χ3n) is 3.99. The number of ketones is 1. The normalized spacial score (nSPS) is 10.8. The molecule has 0 aliphatic carbocycles. The second-order valence-corrected chi connectivity index (χ2v) is 6.33. The standard InChI is InChI=1S/C21H18F3NO7/c22-21(23,24)13-4-3-5-14(12-13)25-16-7-2-1-6-15(16)20(30)32-11-10-31-18(27)9-8-17(26)19(28)29/h1-7,12,25H,8-11H2,(H,28,29). The lowest BCUT2D eigenvalue weighted by atomic mass is 10.1. The lowest BCUT2D eigenvalue weighted by molar-refractivity contribution is -0.151. The van der Waals surface area contributed by atoms with E-state index in [1.165, 1.54) is 30.3 Å². The van der Waals surface area contributed by atoms with Gasteiger partial charge in [-0.15, -0.1) is 0 Å². The maximum Gasteiger partial charge on any atom is 0.416 e. The fourth-order valence-corrected chi connectivity index (χ4v) is 2.46. The number of carbonyl (C=O) groups is 4. The first-order chi connectivity index (χ1) is 15.1. The number of alkyl halides is 3. The first-order valence-electron chi connectivity index (χ1n) is 9.20. The summed E-state index contributed by atoms with van der Waals surface area (Å²) >= 11 is 0. The monoisotopic (exact) mass is 453 g/mol. The van der Waals surface area contributed by atoms with Crippen LogP contribution in [0.4, 0.5) is 24.5 Å². The summed E-state index contributed by atoms with van der Waals surface area (Å²) in [6.07, 6.45) is -5.46. The van der Waals surface area contributed by atoms with E-state index in [1.807, 2.05) is 0 Å². The molecular weight excluding hydrogens is 435 g/mol. The molecule has 11 heteroatoms. The van der Waals surface area contributed by atoms with Gasteiger partial charge in [0.25, 0.3) is 0 Å². The number of Topliss-reactive ketones (excluding diaryl/α,β-unsaturated/α-hetero) is 1. The van der Waals surface area contributed by atoms with Crippen molar-refractivity contribution in [3.05, 3.63) is 59.7 Å². The molecule has 2 aromatic rings. The zero-order valence-electron chi connectivity index (χ0n) is 16.5. The molecule has 2 rings (SSSR count). The Hall–Kier alpha value is -3.89. The van der Waals surface area contributed by atoms with Gasteiger partial charge >= 0.3 is 24.1 Å². The molecule has 0 amide bonds. The molecule has 0 fully saturated rings. The van der Waals surface area contributed by atoms with E-state index in [-0.39, 0.29) is 30.2 Å². The number of para-hydroxylation sites is 1. The number of carboxylic acids is 1. The third kappa shape index (κ3) is 7.42. The Morgan fingerprint density at radius 3 is 2.28 bits per heavy atom. The number of aliphatic carboxylic acids is 1. The molecule has 0 atom stereocenters. The number of nitrogens with one attached hydrogen (secondary N) is 1. The Balaban J connectivity index is 1.91. The van der Waals surface area contributed by atoms with E-state index >= 15 is 0 Å². The van der Waals surface area contributed by atoms with Gasteiger partial charge in [-0.2, -0.15) is 13.2 Å². The molecule has 0 radical (unpaired) electrons. The SMILES string of the molecule is O=C(CCC(=O)C(=O)O)OCCOC(=O)c1ccccc1Nc1cccc(C(F)(F)F)c1. The van der Waals surface area contributed by atoms with E-state index in [1.54, 1.807) is 6.07 Å². The Morgan fingerprint density at radius 1 is 0.906 bits per heavy atom. The van der Waals surface area contributed by atoms with Crippen LogP contribution in [0.1, 0.15) is 28.8 Å². The van der Waals surface area contributed by atoms with E-state index in [0.717, 1.165) is 12.1 Å². The van der Waals surface area contributed by atoms with Crippen molar-refractivity contribution >= 4 is 35.1 Å². The smallest absolute Gasteiger partial charge is 0.416 e. The summed E-state index contributed by atoms with van der Waals surface area (Å²) in [7, 11) is 0. The van der Waals surface area contributed by atoms with Gasteiger partial charge in [0.05, 0.1) is 23.2 Å². The first kappa shape index (κ1) is 24.4. The van der Waals surface area contributed by atoms with E-state index < -0.39 is 48.3 Å². The van der Waals surface area contributed by atoms with Gasteiger partial charge in [-0.3, -0.25) is 9.59 Å². The van der Waals surface area contributed by atoms with E-state index in [2.05, 4.69) is 5.32 Å². The molecule has 0 aliphatic heterocycles. The van der Waals surface area contributed by atoms with Gasteiger partial charge < -0.3 is 19.9 Å². The van der Waals surface area contributed by atoms with Crippen LogP contribution in [-0.4, -0.2) is 42.0 Å². The summed E-state index contributed by atoms with van der Waals surface area (Å²) in [6.45, 7) is -0.648.